The molecule has 1 aliphatic rings. The van der Waals surface area contributed by atoms with Gasteiger partial charge in [-0.05, 0) is 31.7 Å². The van der Waals surface area contributed by atoms with Crippen LogP contribution in [0.1, 0.15) is 31.7 Å². The fraction of sp³-hybridized carbons (Fsp3) is 0.421. The molecule has 0 amide bonds. The number of nitrogens with zero attached hydrogens (tertiary/aromatic N) is 4. The maximum atomic E-state index is 12.6. The second-order valence-corrected chi connectivity index (χ2v) is 7.01. The van der Waals surface area contributed by atoms with E-state index in [-0.39, 0.29) is 5.56 Å². The minimum Gasteiger partial charge on any atom is -0.339 e. The SMILES string of the molecule is C[C@@H]1CCCCN1c1nc2c(c(=O)[nH]c(=O)n2C)n1Cc1ccccc1. The standard InChI is InChI=1S/C19H23N5O2/c1-13-8-6-7-11-23(13)18-20-16-15(17(25)21-19(26)22(16)2)24(18)12-14-9-4-3-5-10-14/h3-5,9-10,13H,6-8,11-12H2,1-2H3,(H,21,25,26)/t13-/m1/s1. The first-order chi connectivity index (χ1) is 12.6. The van der Waals surface area contributed by atoms with Crippen LogP contribution in [0, 0.1) is 0 Å². The summed E-state index contributed by atoms with van der Waals surface area (Å²) in [5, 5.41) is 0. The van der Waals surface area contributed by atoms with Gasteiger partial charge in [-0.2, -0.15) is 4.98 Å². The van der Waals surface area contributed by atoms with Crippen molar-refractivity contribution in [3.05, 3.63) is 56.7 Å². The van der Waals surface area contributed by atoms with Crippen LogP contribution in [0.15, 0.2) is 39.9 Å². The summed E-state index contributed by atoms with van der Waals surface area (Å²) in [5.41, 5.74) is 1.14. The van der Waals surface area contributed by atoms with E-state index < -0.39 is 5.69 Å². The minimum absolute atomic E-state index is 0.353. The highest BCUT2D eigenvalue weighted by Crippen LogP contribution is 2.27. The Bertz CT molecular complexity index is 1050. The molecule has 7 nitrogen and oxygen atoms in total. The Morgan fingerprint density at radius 2 is 1.96 bits per heavy atom. The van der Waals surface area contributed by atoms with Crippen molar-refractivity contribution >= 4 is 17.1 Å². The fourth-order valence-electron chi connectivity index (χ4n) is 3.75. The third-order valence-corrected chi connectivity index (χ3v) is 5.23. The Balaban J connectivity index is 1.96. The van der Waals surface area contributed by atoms with Crippen LogP contribution in [-0.4, -0.2) is 31.7 Å². The molecule has 1 aromatic carbocycles. The third-order valence-electron chi connectivity index (χ3n) is 5.23. The highest BCUT2D eigenvalue weighted by Gasteiger charge is 2.26. The molecule has 26 heavy (non-hydrogen) atoms. The average molecular weight is 353 g/mol. The van der Waals surface area contributed by atoms with Gasteiger partial charge in [-0.1, -0.05) is 30.3 Å². The first kappa shape index (κ1) is 16.6. The number of rotatable bonds is 3. The number of aromatic nitrogens is 4. The Labute approximate surface area is 150 Å². The van der Waals surface area contributed by atoms with E-state index in [1.54, 1.807) is 7.05 Å². The van der Waals surface area contributed by atoms with Crippen LogP contribution in [-0.2, 0) is 13.6 Å². The minimum atomic E-state index is -0.440. The summed E-state index contributed by atoms with van der Waals surface area (Å²) in [5.74, 6) is 0.766. The maximum absolute atomic E-state index is 12.6. The van der Waals surface area contributed by atoms with Crippen LogP contribution in [0.5, 0.6) is 0 Å². The van der Waals surface area contributed by atoms with Gasteiger partial charge in [0.05, 0.1) is 6.54 Å². The van der Waals surface area contributed by atoms with Crippen molar-refractivity contribution in [1.82, 2.24) is 19.1 Å². The maximum Gasteiger partial charge on any atom is 0.329 e. The number of nitrogens with one attached hydrogen (secondary N) is 1. The smallest absolute Gasteiger partial charge is 0.329 e. The summed E-state index contributed by atoms with van der Waals surface area (Å²) in [6.07, 6.45) is 3.41. The van der Waals surface area contributed by atoms with Gasteiger partial charge >= 0.3 is 5.69 Å². The molecule has 1 saturated heterocycles. The van der Waals surface area contributed by atoms with Crippen LogP contribution in [0.3, 0.4) is 0 Å². The van der Waals surface area contributed by atoms with Crippen molar-refractivity contribution in [2.45, 2.75) is 38.8 Å². The molecular formula is C19H23N5O2. The highest BCUT2D eigenvalue weighted by atomic mass is 16.2. The number of imidazole rings is 1. The summed E-state index contributed by atoms with van der Waals surface area (Å²) >= 11 is 0. The van der Waals surface area contributed by atoms with E-state index >= 15 is 0 Å². The average Bonchev–Trinajstić information content (AvgIpc) is 3.01. The Kier molecular flexibility index (Phi) is 4.14. The summed E-state index contributed by atoms with van der Waals surface area (Å²) in [6.45, 7) is 3.64. The van der Waals surface area contributed by atoms with Gasteiger partial charge in [0.1, 0.15) is 0 Å². The number of H-pyrrole nitrogens is 1. The summed E-state index contributed by atoms with van der Waals surface area (Å²) in [4.78, 5) is 34.0. The van der Waals surface area contributed by atoms with Crippen LogP contribution < -0.4 is 16.1 Å². The van der Waals surface area contributed by atoms with Crippen molar-refractivity contribution in [3.8, 4) is 0 Å². The number of anilines is 1. The topological polar surface area (TPSA) is 75.9 Å². The largest absolute Gasteiger partial charge is 0.339 e. The Morgan fingerprint density at radius 3 is 2.69 bits per heavy atom. The first-order valence-electron chi connectivity index (χ1n) is 9.06. The van der Waals surface area contributed by atoms with E-state index in [0.717, 1.165) is 30.9 Å². The monoisotopic (exact) mass is 353 g/mol. The van der Waals surface area contributed by atoms with Crippen LogP contribution in [0.2, 0.25) is 0 Å². The van der Waals surface area contributed by atoms with Crippen molar-refractivity contribution in [2.24, 2.45) is 7.05 Å². The molecule has 0 spiro atoms. The zero-order valence-corrected chi connectivity index (χ0v) is 15.1. The lowest BCUT2D eigenvalue weighted by atomic mass is 10.0. The lowest BCUT2D eigenvalue weighted by molar-refractivity contribution is 0.472. The third kappa shape index (κ3) is 2.73. The molecule has 136 valence electrons. The van der Waals surface area contributed by atoms with E-state index in [1.807, 2.05) is 34.9 Å². The lowest BCUT2D eigenvalue weighted by Gasteiger charge is -2.34. The van der Waals surface area contributed by atoms with Crippen molar-refractivity contribution in [3.63, 3.8) is 0 Å². The number of hydrogen-bond donors (Lipinski definition) is 1. The van der Waals surface area contributed by atoms with Gasteiger partial charge in [-0.15, -0.1) is 0 Å². The number of fused-ring (bicyclic) bond motifs is 1. The molecule has 2 aromatic heterocycles. The summed E-state index contributed by atoms with van der Waals surface area (Å²) < 4.78 is 3.36. The number of benzene rings is 1. The van der Waals surface area contributed by atoms with E-state index in [0.29, 0.717) is 23.8 Å². The Morgan fingerprint density at radius 1 is 1.19 bits per heavy atom. The van der Waals surface area contributed by atoms with Gasteiger partial charge in [0.25, 0.3) is 5.56 Å². The molecular weight excluding hydrogens is 330 g/mol. The normalized spacial score (nSPS) is 17.8. The molecule has 7 heteroatoms. The molecule has 0 unspecified atom stereocenters. The highest BCUT2D eigenvalue weighted by molar-refractivity contribution is 5.74. The molecule has 1 atom stereocenters. The van der Waals surface area contributed by atoms with Crippen LogP contribution in [0.25, 0.3) is 11.2 Å². The molecule has 0 aliphatic carbocycles. The number of aromatic amines is 1. The molecule has 1 N–H and O–H groups in total. The van der Waals surface area contributed by atoms with Crippen molar-refractivity contribution < 1.29 is 0 Å². The van der Waals surface area contributed by atoms with Crippen molar-refractivity contribution in [2.75, 3.05) is 11.4 Å². The summed E-state index contributed by atoms with van der Waals surface area (Å²) in [6, 6.07) is 10.4. The summed E-state index contributed by atoms with van der Waals surface area (Å²) in [7, 11) is 1.64. The quantitative estimate of drug-likeness (QED) is 0.780. The number of hydrogen-bond acceptors (Lipinski definition) is 4. The first-order valence-corrected chi connectivity index (χ1v) is 9.06. The van der Waals surface area contributed by atoms with Gasteiger partial charge in [-0.3, -0.25) is 18.9 Å². The van der Waals surface area contributed by atoms with E-state index in [2.05, 4.69) is 16.8 Å². The van der Waals surface area contributed by atoms with Gasteiger partial charge in [0, 0.05) is 19.6 Å². The van der Waals surface area contributed by atoms with Crippen molar-refractivity contribution in [1.29, 1.82) is 0 Å². The second kappa shape index (κ2) is 6.48. The van der Waals surface area contributed by atoms with E-state index in [1.165, 1.54) is 11.0 Å². The molecule has 3 heterocycles. The predicted octanol–water partition coefficient (Wildman–Crippen LogP) is 1.85. The lowest BCUT2D eigenvalue weighted by Crippen LogP contribution is -2.39. The van der Waals surface area contributed by atoms with Gasteiger partial charge < -0.3 is 4.90 Å². The molecule has 3 aromatic rings. The zero-order chi connectivity index (χ0) is 18.3. The van der Waals surface area contributed by atoms with Gasteiger partial charge in [-0.25, -0.2) is 4.79 Å². The second-order valence-electron chi connectivity index (χ2n) is 7.01. The molecule has 1 fully saturated rings. The predicted molar refractivity (Wildman–Crippen MR) is 102 cm³/mol. The van der Waals surface area contributed by atoms with Crippen LogP contribution in [0.4, 0.5) is 5.95 Å². The number of aryl methyl sites for hydroxylation is 1. The molecule has 0 radical (unpaired) electrons. The Hall–Kier alpha value is -2.83. The van der Waals surface area contributed by atoms with Gasteiger partial charge in [0.15, 0.2) is 11.2 Å². The van der Waals surface area contributed by atoms with Crippen LogP contribution >= 0.6 is 0 Å². The fourth-order valence-corrected chi connectivity index (χ4v) is 3.75. The molecule has 0 saturated carbocycles. The van der Waals surface area contributed by atoms with E-state index in [4.69, 9.17) is 4.98 Å². The zero-order valence-electron chi connectivity index (χ0n) is 15.1. The molecule has 4 rings (SSSR count). The molecule has 0 bridgehead atoms. The van der Waals surface area contributed by atoms with E-state index in [9.17, 15) is 9.59 Å². The molecule has 1 aliphatic heterocycles. The van der Waals surface area contributed by atoms with Gasteiger partial charge in [0.2, 0.25) is 5.95 Å². The number of piperidine rings is 1.